The molecule has 2 aromatic heterocycles. The van der Waals surface area contributed by atoms with Gasteiger partial charge in [-0.25, -0.2) is 22.2 Å². The zero-order valence-electron chi connectivity index (χ0n) is 16.2. The van der Waals surface area contributed by atoms with Gasteiger partial charge in [0, 0.05) is 25.5 Å². The maximum atomic E-state index is 12.3. The molecule has 0 aliphatic heterocycles. The van der Waals surface area contributed by atoms with Crippen LogP contribution in [-0.2, 0) is 14.8 Å². The number of amides is 1. The molecule has 0 fully saturated rings. The van der Waals surface area contributed by atoms with Crippen molar-refractivity contribution in [3.05, 3.63) is 40.7 Å². The Hall–Kier alpha value is -2.21. The first-order chi connectivity index (χ1) is 13.6. The second kappa shape index (κ2) is 8.27. The van der Waals surface area contributed by atoms with Crippen LogP contribution in [0.25, 0.3) is 5.78 Å². The zero-order valence-corrected chi connectivity index (χ0v) is 18.6. The van der Waals surface area contributed by atoms with E-state index in [-0.39, 0.29) is 27.3 Å². The minimum atomic E-state index is -3.64. The summed E-state index contributed by atoms with van der Waals surface area (Å²) in [7, 11) is -0.783. The fraction of sp³-hybridized carbons (Fsp3) is 0.294. The molecule has 0 aliphatic carbocycles. The standard InChI is InChI=1S/C17H19ClN6O3S2/c1-10-7-11(2)24-16(19-10)21-17(22-24)28-9-15(25)20-14-8-12(5-6-13(14)18)29(26,27)23(3)4/h5-8H,9H2,1-4H3,(H,20,25). The Bertz CT molecular complexity index is 1190. The van der Waals surface area contributed by atoms with E-state index >= 15 is 0 Å². The Balaban J connectivity index is 1.72. The normalized spacial score (nSPS) is 11.9. The van der Waals surface area contributed by atoms with Crippen LogP contribution in [0.1, 0.15) is 11.4 Å². The van der Waals surface area contributed by atoms with Crippen LogP contribution in [0.4, 0.5) is 5.69 Å². The molecule has 12 heteroatoms. The van der Waals surface area contributed by atoms with E-state index in [9.17, 15) is 13.2 Å². The molecule has 3 aromatic rings. The summed E-state index contributed by atoms with van der Waals surface area (Å²) in [6.45, 7) is 3.77. The monoisotopic (exact) mass is 454 g/mol. The van der Waals surface area contributed by atoms with Gasteiger partial charge in [0.2, 0.25) is 21.1 Å². The first-order valence-electron chi connectivity index (χ1n) is 8.43. The van der Waals surface area contributed by atoms with Crippen LogP contribution in [0.15, 0.2) is 34.3 Å². The predicted octanol–water partition coefficient (Wildman–Crippen LogP) is 2.38. The zero-order chi connectivity index (χ0) is 21.3. The summed E-state index contributed by atoms with van der Waals surface area (Å²) in [5.41, 5.74) is 1.94. The number of aromatic nitrogens is 4. The summed E-state index contributed by atoms with van der Waals surface area (Å²) < 4.78 is 27.2. The van der Waals surface area contributed by atoms with Crippen LogP contribution in [0.5, 0.6) is 0 Å². The smallest absolute Gasteiger partial charge is 0.253 e. The average molecular weight is 455 g/mol. The summed E-state index contributed by atoms with van der Waals surface area (Å²) >= 11 is 7.25. The van der Waals surface area contributed by atoms with Gasteiger partial charge in [0.1, 0.15) is 0 Å². The van der Waals surface area contributed by atoms with E-state index in [1.54, 1.807) is 4.52 Å². The van der Waals surface area contributed by atoms with Crippen molar-refractivity contribution >= 4 is 50.8 Å². The Morgan fingerprint density at radius 3 is 2.66 bits per heavy atom. The number of nitrogens with one attached hydrogen (secondary N) is 1. The van der Waals surface area contributed by atoms with Crippen molar-refractivity contribution in [2.75, 3.05) is 25.2 Å². The minimum Gasteiger partial charge on any atom is -0.324 e. The topological polar surface area (TPSA) is 110 Å². The minimum absolute atomic E-state index is 0.0237. The van der Waals surface area contributed by atoms with Crippen LogP contribution in [-0.4, -0.2) is 58.1 Å². The number of rotatable bonds is 6. The summed E-state index contributed by atoms with van der Waals surface area (Å²) in [5.74, 6) is 0.127. The number of fused-ring (bicyclic) bond motifs is 1. The predicted molar refractivity (Wildman–Crippen MR) is 112 cm³/mol. The van der Waals surface area contributed by atoms with Crippen LogP contribution >= 0.6 is 23.4 Å². The van der Waals surface area contributed by atoms with Crippen LogP contribution in [0, 0.1) is 13.8 Å². The third-order valence-electron chi connectivity index (χ3n) is 3.92. The fourth-order valence-electron chi connectivity index (χ4n) is 2.50. The molecule has 0 aliphatic rings. The van der Waals surface area contributed by atoms with Crippen molar-refractivity contribution in [1.82, 2.24) is 23.9 Å². The number of benzene rings is 1. The number of aryl methyl sites for hydroxylation is 2. The first-order valence-corrected chi connectivity index (χ1v) is 11.2. The van der Waals surface area contributed by atoms with Gasteiger partial charge in [-0.2, -0.15) is 4.98 Å². The maximum absolute atomic E-state index is 12.3. The van der Waals surface area contributed by atoms with E-state index in [1.807, 2.05) is 19.9 Å². The number of hydrogen-bond acceptors (Lipinski definition) is 7. The molecule has 154 valence electrons. The van der Waals surface area contributed by atoms with Gasteiger partial charge in [-0.1, -0.05) is 23.4 Å². The molecule has 1 N–H and O–H groups in total. The summed E-state index contributed by atoms with van der Waals surface area (Å²) in [4.78, 5) is 21.0. The van der Waals surface area contributed by atoms with Crippen molar-refractivity contribution in [1.29, 1.82) is 0 Å². The van der Waals surface area contributed by atoms with Gasteiger partial charge in [0.05, 0.1) is 21.4 Å². The van der Waals surface area contributed by atoms with Crippen LogP contribution in [0.2, 0.25) is 5.02 Å². The third kappa shape index (κ3) is 4.69. The van der Waals surface area contributed by atoms with E-state index in [2.05, 4.69) is 20.4 Å². The Kier molecular flexibility index (Phi) is 6.13. The molecule has 2 heterocycles. The quantitative estimate of drug-likeness (QED) is 0.569. The largest absolute Gasteiger partial charge is 0.324 e. The Labute approximate surface area is 177 Å². The van der Waals surface area contributed by atoms with E-state index in [4.69, 9.17) is 11.6 Å². The van der Waals surface area contributed by atoms with Crippen molar-refractivity contribution in [2.24, 2.45) is 0 Å². The molecule has 0 spiro atoms. The van der Waals surface area contributed by atoms with Gasteiger partial charge in [-0.15, -0.1) is 5.10 Å². The molecule has 9 nitrogen and oxygen atoms in total. The number of thioether (sulfide) groups is 1. The number of anilines is 1. The third-order valence-corrected chi connectivity index (χ3v) is 6.90. The Morgan fingerprint density at radius 1 is 1.24 bits per heavy atom. The second-order valence-electron chi connectivity index (χ2n) is 6.41. The van der Waals surface area contributed by atoms with Gasteiger partial charge in [0.15, 0.2) is 0 Å². The SMILES string of the molecule is Cc1cc(C)n2nc(SCC(=O)Nc3cc(S(=O)(=O)N(C)C)ccc3Cl)nc2n1. The summed E-state index contributed by atoms with van der Waals surface area (Å²) in [6.07, 6.45) is 0. The molecule has 0 saturated heterocycles. The highest BCUT2D eigenvalue weighted by Gasteiger charge is 2.19. The Morgan fingerprint density at radius 2 is 1.97 bits per heavy atom. The van der Waals surface area contributed by atoms with E-state index in [0.29, 0.717) is 10.9 Å². The first kappa shape index (κ1) is 21.5. The lowest BCUT2D eigenvalue weighted by Gasteiger charge is -2.13. The van der Waals surface area contributed by atoms with Crippen molar-refractivity contribution in [2.45, 2.75) is 23.9 Å². The number of nitrogens with zero attached hydrogens (tertiary/aromatic N) is 5. The number of sulfonamides is 1. The lowest BCUT2D eigenvalue weighted by Crippen LogP contribution is -2.22. The molecule has 0 saturated carbocycles. The van der Waals surface area contributed by atoms with Gasteiger partial charge in [0.25, 0.3) is 5.78 Å². The molecule has 0 radical (unpaired) electrons. The van der Waals surface area contributed by atoms with Crippen molar-refractivity contribution in [3.63, 3.8) is 0 Å². The molecule has 0 bridgehead atoms. The summed E-state index contributed by atoms with van der Waals surface area (Å²) in [6, 6.07) is 6.04. The second-order valence-corrected chi connectivity index (χ2v) is 9.91. The fourth-order valence-corrected chi connectivity index (χ4v) is 4.21. The van der Waals surface area contributed by atoms with Crippen molar-refractivity contribution in [3.8, 4) is 0 Å². The maximum Gasteiger partial charge on any atom is 0.253 e. The number of carbonyl (C=O) groups is 1. The molecule has 1 amide bonds. The highest BCUT2D eigenvalue weighted by atomic mass is 35.5. The molecule has 1 aromatic carbocycles. The number of hydrogen-bond donors (Lipinski definition) is 1. The highest BCUT2D eigenvalue weighted by Crippen LogP contribution is 2.27. The molecular weight excluding hydrogens is 436 g/mol. The van der Waals surface area contributed by atoms with Crippen molar-refractivity contribution < 1.29 is 13.2 Å². The lowest BCUT2D eigenvalue weighted by atomic mass is 10.3. The average Bonchev–Trinajstić information content (AvgIpc) is 3.05. The highest BCUT2D eigenvalue weighted by molar-refractivity contribution is 7.99. The van der Waals surface area contributed by atoms with Gasteiger partial charge in [-0.05, 0) is 38.1 Å². The molecule has 0 atom stereocenters. The molecule has 29 heavy (non-hydrogen) atoms. The van der Waals surface area contributed by atoms with Crippen LogP contribution in [0.3, 0.4) is 0 Å². The van der Waals surface area contributed by atoms with Gasteiger partial charge in [-0.3, -0.25) is 4.79 Å². The molecule has 3 rings (SSSR count). The number of carbonyl (C=O) groups excluding carboxylic acids is 1. The van der Waals surface area contributed by atoms with Gasteiger partial charge < -0.3 is 5.32 Å². The summed E-state index contributed by atoms with van der Waals surface area (Å²) in [5, 5.41) is 7.62. The van der Waals surface area contributed by atoms with E-state index in [1.165, 1.54) is 32.3 Å². The van der Waals surface area contributed by atoms with E-state index in [0.717, 1.165) is 27.5 Å². The molecule has 0 unspecified atom stereocenters. The lowest BCUT2D eigenvalue weighted by molar-refractivity contribution is -0.113. The molecular formula is C17H19ClN6O3S2. The van der Waals surface area contributed by atoms with E-state index < -0.39 is 10.0 Å². The number of halogens is 1. The van der Waals surface area contributed by atoms with Gasteiger partial charge >= 0.3 is 0 Å². The van der Waals surface area contributed by atoms with Crippen LogP contribution < -0.4 is 5.32 Å².